The first-order chi connectivity index (χ1) is 8.28. The fourth-order valence-electron chi connectivity index (χ4n) is 2.44. The maximum Gasteiger partial charge on any atom is 0.115 e. The molecular formula is C14H21NO2. The molecule has 1 heterocycles. The smallest absolute Gasteiger partial charge is 0.115 e. The van der Waals surface area contributed by atoms with E-state index < -0.39 is 0 Å². The third kappa shape index (κ3) is 3.72. The average Bonchev–Trinajstić information content (AvgIpc) is 2.30. The second-order valence-electron chi connectivity index (χ2n) is 4.62. The topological polar surface area (TPSA) is 32.7 Å². The van der Waals surface area contributed by atoms with Crippen molar-refractivity contribution < 1.29 is 9.84 Å². The van der Waals surface area contributed by atoms with E-state index in [2.05, 4.69) is 11.0 Å². The summed E-state index contributed by atoms with van der Waals surface area (Å²) in [4.78, 5) is 2.40. The van der Waals surface area contributed by atoms with Crippen molar-refractivity contribution in [3.63, 3.8) is 0 Å². The molecule has 1 unspecified atom stereocenters. The molecule has 1 atom stereocenters. The van der Waals surface area contributed by atoms with Gasteiger partial charge in [0, 0.05) is 19.7 Å². The zero-order valence-corrected chi connectivity index (χ0v) is 10.4. The number of likely N-dealkylation sites (tertiary alicyclic amines) is 1. The molecule has 1 aliphatic heterocycles. The van der Waals surface area contributed by atoms with Gasteiger partial charge in [0.15, 0.2) is 0 Å². The van der Waals surface area contributed by atoms with Gasteiger partial charge in [-0.3, -0.25) is 4.90 Å². The van der Waals surface area contributed by atoms with E-state index in [1.807, 2.05) is 19.1 Å². The number of piperidine rings is 1. The molecule has 0 bridgehead atoms. The lowest BCUT2D eigenvalue weighted by Gasteiger charge is -2.32. The molecule has 0 amide bonds. The van der Waals surface area contributed by atoms with Crippen molar-refractivity contribution in [2.75, 3.05) is 19.7 Å². The predicted molar refractivity (Wildman–Crippen MR) is 68.0 cm³/mol. The first-order valence-electron chi connectivity index (χ1n) is 6.40. The van der Waals surface area contributed by atoms with Crippen LogP contribution in [0.15, 0.2) is 24.3 Å². The summed E-state index contributed by atoms with van der Waals surface area (Å²) in [5, 5.41) is 9.44. The Hall–Kier alpha value is -1.06. The van der Waals surface area contributed by atoms with E-state index in [1.165, 1.54) is 18.4 Å². The summed E-state index contributed by atoms with van der Waals surface area (Å²) >= 11 is 0. The Morgan fingerprint density at radius 3 is 3.12 bits per heavy atom. The van der Waals surface area contributed by atoms with E-state index in [0.29, 0.717) is 11.9 Å². The number of phenolic OH excluding ortho intramolecular Hbond substituents is 1. The SMILES string of the molecule is CCOC1CCCN(Cc2cccc(O)c2)C1. The highest BCUT2D eigenvalue weighted by Crippen LogP contribution is 2.18. The summed E-state index contributed by atoms with van der Waals surface area (Å²) in [5.74, 6) is 0.348. The number of benzene rings is 1. The first kappa shape index (κ1) is 12.4. The third-order valence-corrected chi connectivity index (χ3v) is 3.18. The second kappa shape index (κ2) is 6.03. The summed E-state index contributed by atoms with van der Waals surface area (Å²) in [6.45, 7) is 5.87. The Bertz CT molecular complexity index is 352. The van der Waals surface area contributed by atoms with Crippen LogP contribution in [0.2, 0.25) is 0 Å². The molecule has 94 valence electrons. The molecule has 1 aliphatic rings. The number of rotatable bonds is 4. The van der Waals surface area contributed by atoms with Gasteiger partial charge in [0.05, 0.1) is 6.10 Å². The molecular weight excluding hydrogens is 214 g/mol. The highest BCUT2D eigenvalue weighted by atomic mass is 16.5. The van der Waals surface area contributed by atoms with E-state index in [9.17, 15) is 5.11 Å². The Labute approximate surface area is 103 Å². The van der Waals surface area contributed by atoms with Crippen LogP contribution >= 0.6 is 0 Å². The molecule has 0 radical (unpaired) electrons. The maximum absolute atomic E-state index is 9.44. The van der Waals surface area contributed by atoms with Crippen molar-refractivity contribution in [2.24, 2.45) is 0 Å². The standard InChI is InChI=1S/C14H21NO2/c1-2-17-14-7-4-8-15(11-14)10-12-5-3-6-13(16)9-12/h3,5-6,9,14,16H,2,4,7-8,10-11H2,1H3. The fourth-order valence-corrected chi connectivity index (χ4v) is 2.44. The van der Waals surface area contributed by atoms with Crippen molar-refractivity contribution in [3.8, 4) is 5.75 Å². The van der Waals surface area contributed by atoms with Gasteiger partial charge in [0.25, 0.3) is 0 Å². The van der Waals surface area contributed by atoms with E-state index in [0.717, 1.165) is 26.2 Å². The molecule has 0 aromatic heterocycles. The van der Waals surface area contributed by atoms with Crippen molar-refractivity contribution in [2.45, 2.75) is 32.4 Å². The number of hydrogen-bond acceptors (Lipinski definition) is 3. The van der Waals surface area contributed by atoms with E-state index in [1.54, 1.807) is 6.07 Å². The lowest BCUT2D eigenvalue weighted by Crippen LogP contribution is -2.39. The minimum absolute atomic E-state index is 0.348. The van der Waals surface area contributed by atoms with Crippen LogP contribution in [-0.4, -0.2) is 35.8 Å². The van der Waals surface area contributed by atoms with E-state index in [-0.39, 0.29) is 0 Å². The molecule has 1 N–H and O–H groups in total. The molecule has 3 heteroatoms. The number of hydrogen-bond donors (Lipinski definition) is 1. The fraction of sp³-hybridized carbons (Fsp3) is 0.571. The quantitative estimate of drug-likeness (QED) is 0.869. The van der Waals surface area contributed by atoms with Gasteiger partial charge in [-0.2, -0.15) is 0 Å². The van der Waals surface area contributed by atoms with Gasteiger partial charge in [-0.25, -0.2) is 0 Å². The van der Waals surface area contributed by atoms with Crippen molar-refractivity contribution in [1.29, 1.82) is 0 Å². The van der Waals surface area contributed by atoms with Crippen LogP contribution in [0.3, 0.4) is 0 Å². The summed E-state index contributed by atoms with van der Waals surface area (Å²) in [5.41, 5.74) is 1.17. The molecule has 0 spiro atoms. The number of phenols is 1. The summed E-state index contributed by atoms with van der Waals surface area (Å²) in [6, 6.07) is 7.51. The summed E-state index contributed by atoms with van der Waals surface area (Å²) in [7, 11) is 0. The van der Waals surface area contributed by atoms with Crippen molar-refractivity contribution in [1.82, 2.24) is 4.90 Å². The highest BCUT2D eigenvalue weighted by Gasteiger charge is 2.19. The third-order valence-electron chi connectivity index (χ3n) is 3.18. The number of aromatic hydroxyl groups is 1. The normalized spacial score (nSPS) is 21.6. The minimum atomic E-state index is 0.348. The monoisotopic (exact) mass is 235 g/mol. The van der Waals surface area contributed by atoms with Gasteiger partial charge in [0.1, 0.15) is 5.75 Å². The highest BCUT2D eigenvalue weighted by molar-refractivity contribution is 5.27. The van der Waals surface area contributed by atoms with Gasteiger partial charge in [0.2, 0.25) is 0 Å². The van der Waals surface area contributed by atoms with Crippen LogP contribution < -0.4 is 0 Å². The minimum Gasteiger partial charge on any atom is -0.508 e. The second-order valence-corrected chi connectivity index (χ2v) is 4.62. The van der Waals surface area contributed by atoms with Crippen LogP contribution in [0.4, 0.5) is 0 Å². The molecule has 1 aromatic carbocycles. The number of ether oxygens (including phenoxy) is 1. The number of nitrogens with zero attached hydrogens (tertiary/aromatic N) is 1. The van der Waals surface area contributed by atoms with Crippen molar-refractivity contribution >= 4 is 0 Å². The molecule has 1 fully saturated rings. The van der Waals surface area contributed by atoms with Crippen LogP contribution in [-0.2, 0) is 11.3 Å². The van der Waals surface area contributed by atoms with Crippen LogP contribution in [0.1, 0.15) is 25.3 Å². The molecule has 17 heavy (non-hydrogen) atoms. The predicted octanol–water partition coefficient (Wildman–Crippen LogP) is 2.39. The van der Waals surface area contributed by atoms with Gasteiger partial charge >= 0.3 is 0 Å². The average molecular weight is 235 g/mol. The zero-order valence-electron chi connectivity index (χ0n) is 10.4. The zero-order chi connectivity index (χ0) is 12.1. The Morgan fingerprint density at radius 1 is 1.47 bits per heavy atom. The van der Waals surface area contributed by atoms with Crippen molar-refractivity contribution in [3.05, 3.63) is 29.8 Å². The molecule has 1 aromatic rings. The lowest BCUT2D eigenvalue weighted by molar-refractivity contribution is 0.00362. The van der Waals surface area contributed by atoms with Gasteiger partial charge < -0.3 is 9.84 Å². The summed E-state index contributed by atoms with van der Waals surface area (Å²) < 4.78 is 5.68. The molecule has 2 rings (SSSR count). The Balaban J connectivity index is 1.90. The molecule has 0 aliphatic carbocycles. The lowest BCUT2D eigenvalue weighted by atomic mass is 10.1. The van der Waals surface area contributed by atoms with Gasteiger partial charge in [-0.15, -0.1) is 0 Å². The molecule has 1 saturated heterocycles. The van der Waals surface area contributed by atoms with Gasteiger partial charge in [-0.1, -0.05) is 12.1 Å². The Kier molecular flexibility index (Phi) is 4.40. The largest absolute Gasteiger partial charge is 0.508 e. The Morgan fingerprint density at radius 2 is 2.35 bits per heavy atom. The van der Waals surface area contributed by atoms with Crippen LogP contribution in [0, 0.1) is 0 Å². The molecule has 3 nitrogen and oxygen atoms in total. The first-order valence-corrected chi connectivity index (χ1v) is 6.40. The maximum atomic E-state index is 9.44. The summed E-state index contributed by atoms with van der Waals surface area (Å²) in [6.07, 6.45) is 2.75. The van der Waals surface area contributed by atoms with Crippen LogP contribution in [0.5, 0.6) is 5.75 Å². The molecule has 0 saturated carbocycles. The van der Waals surface area contributed by atoms with Gasteiger partial charge in [-0.05, 0) is 44.0 Å². The van der Waals surface area contributed by atoms with E-state index >= 15 is 0 Å². The van der Waals surface area contributed by atoms with E-state index in [4.69, 9.17) is 4.74 Å². The van der Waals surface area contributed by atoms with Crippen LogP contribution in [0.25, 0.3) is 0 Å².